The fraction of sp³-hybridized carbons (Fsp3) is 0.125. The molecule has 4 rings (SSSR count). The Labute approximate surface area is 201 Å². The standard InChI is InChI=1S/C24H22N4O4S2/c1-32-21-14-12-19(13-15-21)23-26-27-24(33-23)25-22(29)18-10-8-17(9-11-18)16-28(34(2,30)31)20-6-4-3-5-7-20/h3-15H,16H2,1-2H3,(H,25,27,29). The van der Waals surface area contributed by atoms with Gasteiger partial charge in [0, 0.05) is 11.1 Å². The molecule has 0 fully saturated rings. The van der Waals surface area contributed by atoms with E-state index in [1.807, 2.05) is 30.3 Å². The third-order valence-corrected chi connectivity index (χ3v) is 7.00. The van der Waals surface area contributed by atoms with Crippen LogP contribution in [-0.2, 0) is 16.6 Å². The van der Waals surface area contributed by atoms with Crippen LogP contribution in [0.15, 0.2) is 78.9 Å². The quantitative estimate of drug-likeness (QED) is 0.389. The molecule has 0 aliphatic heterocycles. The number of sulfonamides is 1. The minimum absolute atomic E-state index is 0.159. The summed E-state index contributed by atoms with van der Waals surface area (Å²) < 4.78 is 31.1. The third kappa shape index (κ3) is 5.59. The summed E-state index contributed by atoms with van der Waals surface area (Å²) >= 11 is 1.27. The molecule has 0 radical (unpaired) electrons. The Morgan fingerprint density at radius 3 is 2.26 bits per heavy atom. The van der Waals surface area contributed by atoms with E-state index in [0.717, 1.165) is 16.9 Å². The number of hydrogen-bond acceptors (Lipinski definition) is 7. The number of hydrogen-bond donors (Lipinski definition) is 1. The first-order valence-corrected chi connectivity index (χ1v) is 12.9. The number of ether oxygens (including phenoxy) is 1. The van der Waals surface area contributed by atoms with Gasteiger partial charge in [-0.3, -0.25) is 14.4 Å². The van der Waals surface area contributed by atoms with Crippen LogP contribution in [0.5, 0.6) is 5.75 Å². The highest BCUT2D eigenvalue weighted by Crippen LogP contribution is 2.28. The summed E-state index contributed by atoms with van der Waals surface area (Å²) in [7, 11) is -1.87. The van der Waals surface area contributed by atoms with Gasteiger partial charge in [0.05, 0.1) is 25.6 Å². The molecular formula is C24H22N4O4S2. The van der Waals surface area contributed by atoms with Crippen molar-refractivity contribution in [3.05, 3.63) is 90.0 Å². The number of nitrogens with zero attached hydrogens (tertiary/aromatic N) is 3. The lowest BCUT2D eigenvalue weighted by molar-refractivity contribution is 0.102. The lowest BCUT2D eigenvalue weighted by Crippen LogP contribution is -2.29. The Bertz CT molecular complexity index is 1370. The first-order valence-electron chi connectivity index (χ1n) is 10.2. The number of benzene rings is 3. The van der Waals surface area contributed by atoms with Gasteiger partial charge in [0.1, 0.15) is 10.8 Å². The van der Waals surface area contributed by atoms with Gasteiger partial charge in [-0.15, -0.1) is 10.2 Å². The molecule has 8 nitrogen and oxygen atoms in total. The maximum Gasteiger partial charge on any atom is 0.257 e. The van der Waals surface area contributed by atoms with Crippen molar-refractivity contribution < 1.29 is 17.9 Å². The van der Waals surface area contributed by atoms with Gasteiger partial charge in [-0.25, -0.2) is 8.42 Å². The number of nitrogens with one attached hydrogen (secondary N) is 1. The molecule has 34 heavy (non-hydrogen) atoms. The molecule has 0 atom stereocenters. The third-order valence-electron chi connectivity index (χ3n) is 4.97. The van der Waals surface area contributed by atoms with Crippen molar-refractivity contribution in [2.75, 3.05) is 23.0 Å². The first-order chi connectivity index (χ1) is 16.3. The number of para-hydroxylation sites is 1. The van der Waals surface area contributed by atoms with Crippen LogP contribution in [0.2, 0.25) is 0 Å². The maximum absolute atomic E-state index is 12.7. The predicted octanol–water partition coefficient (Wildman–Crippen LogP) is 4.43. The van der Waals surface area contributed by atoms with E-state index < -0.39 is 10.0 Å². The van der Waals surface area contributed by atoms with E-state index in [4.69, 9.17) is 4.74 Å². The second-order valence-corrected chi connectivity index (χ2v) is 10.3. The highest BCUT2D eigenvalue weighted by Gasteiger charge is 2.18. The molecule has 0 saturated heterocycles. The van der Waals surface area contributed by atoms with Crippen molar-refractivity contribution >= 4 is 38.1 Å². The van der Waals surface area contributed by atoms with Crippen molar-refractivity contribution in [1.29, 1.82) is 0 Å². The summed E-state index contributed by atoms with van der Waals surface area (Å²) in [6.45, 7) is 0.159. The minimum Gasteiger partial charge on any atom is -0.497 e. The Kier molecular flexibility index (Phi) is 6.90. The molecule has 0 bridgehead atoms. The van der Waals surface area contributed by atoms with Crippen LogP contribution >= 0.6 is 11.3 Å². The summed E-state index contributed by atoms with van der Waals surface area (Å²) in [5, 5.41) is 12.0. The molecule has 1 N–H and O–H groups in total. The highest BCUT2D eigenvalue weighted by atomic mass is 32.2. The number of methoxy groups -OCH3 is 1. The summed E-state index contributed by atoms with van der Waals surface area (Å²) in [4.78, 5) is 12.7. The van der Waals surface area contributed by atoms with Crippen LogP contribution in [0.25, 0.3) is 10.6 Å². The zero-order valence-electron chi connectivity index (χ0n) is 18.5. The number of rotatable bonds is 8. The van der Waals surface area contributed by atoms with Crippen LogP contribution in [-0.4, -0.2) is 37.9 Å². The summed E-state index contributed by atoms with van der Waals surface area (Å²) in [5.74, 6) is 0.417. The molecule has 3 aromatic carbocycles. The van der Waals surface area contributed by atoms with Crippen LogP contribution in [0.4, 0.5) is 10.8 Å². The van der Waals surface area contributed by atoms with E-state index in [-0.39, 0.29) is 12.5 Å². The molecule has 0 spiro atoms. The van der Waals surface area contributed by atoms with Crippen molar-refractivity contribution in [3.63, 3.8) is 0 Å². The van der Waals surface area contributed by atoms with Crippen LogP contribution in [0.3, 0.4) is 0 Å². The van der Waals surface area contributed by atoms with E-state index in [0.29, 0.717) is 21.4 Å². The molecule has 0 unspecified atom stereocenters. The predicted molar refractivity (Wildman–Crippen MR) is 134 cm³/mol. The number of anilines is 2. The summed E-state index contributed by atoms with van der Waals surface area (Å²) in [6.07, 6.45) is 1.17. The Morgan fingerprint density at radius 1 is 0.971 bits per heavy atom. The number of amides is 1. The Hall–Kier alpha value is -3.76. The van der Waals surface area contributed by atoms with E-state index in [1.54, 1.807) is 55.6 Å². The molecule has 1 amide bonds. The molecule has 10 heteroatoms. The van der Waals surface area contributed by atoms with Gasteiger partial charge < -0.3 is 4.74 Å². The lowest BCUT2D eigenvalue weighted by atomic mass is 10.1. The fourth-order valence-electron chi connectivity index (χ4n) is 3.21. The second kappa shape index (κ2) is 10.0. The van der Waals surface area contributed by atoms with Crippen molar-refractivity contribution in [1.82, 2.24) is 10.2 Å². The molecule has 0 aliphatic rings. The van der Waals surface area contributed by atoms with E-state index in [9.17, 15) is 13.2 Å². The zero-order chi connectivity index (χ0) is 24.1. The molecule has 1 aromatic heterocycles. The molecule has 0 saturated carbocycles. The van der Waals surface area contributed by atoms with Crippen molar-refractivity contribution in [2.24, 2.45) is 0 Å². The monoisotopic (exact) mass is 494 g/mol. The number of aromatic nitrogens is 2. The first kappa shape index (κ1) is 23.4. The van der Waals surface area contributed by atoms with Crippen molar-refractivity contribution in [3.8, 4) is 16.3 Å². The lowest BCUT2D eigenvalue weighted by Gasteiger charge is -2.22. The Balaban J connectivity index is 1.43. The minimum atomic E-state index is -3.47. The van der Waals surface area contributed by atoms with Crippen molar-refractivity contribution in [2.45, 2.75) is 6.54 Å². The summed E-state index contributed by atoms with van der Waals surface area (Å²) in [5.41, 5.74) is 2.63. The largest absolute Gasteiger partial charge is 0.497 e. The fourth-order valence-corrected chi connectivity index (χ4v) is 4.85. The average Bonchev–Trinajstić information content (AvgIpc) is 3.31. The second-order valence-electron chi connectivity index (χ2n) is 7.40. The normalized spacial score (nSPS) is 11.1. The van der Waals surface area contributed by atoms with E-state index in [1.165, 1.54) is 21.9 Å². The molecule has 1 heterocycles. The van der Waals surface area contributed by atoms with Gasteiger partial charge in [0.2, 0.25) is 15.2 Å². The van der Waals surface area contributed by atoms with Crippen LogP contribution in [0.1, 0.15) is 15.9 Å². The Morgan fingerprint density at radius 2 is 1.65 bits per heavy atom. The van der Waals surface area contributed by atoms with Gasteiger partial charge in [-0.1, -0.05) is 41.7 Å². The highest BCUT2D eigenvalue weighted by molar-refractivity contribution is 7.92. The molecule has 4 aromatic rings. The summed E-state index contributed by atoms with van der Waals surface area (Å²) in [6, 6.07) is 23.1. The van der Waals surface area contributed by atoms with Crippen LogP contribution in [0, 0.1) is 0 Å². The van der Waals surface area contributed by atoms with Gasteiger partial charge >= 0.3 is 0 Å². The zero-order valence-corrected chi connectivity index (χ0v) is 20.1. The van der Waals surface area contributed by atoms with Crippen LogP contribution < -0.4 is 14.4 Å². The smallest absolute Gasteiger partial charge is 0.257 e. The maximum atomic E-state index is 12.7. The number of carbonyl (C=O) groups is 1. The van der Waals surface area contributed by atoms with E-state index >= 15 is 0 Å². The average molecular weight is 495 g/mol. The van der Waals surface area contributed by atoms with Gasteiger partial charge in [0.15, 0.2) is 0 Å². The number of carbonyl (C=O) groups excluding carboxylic acids is 1. The topological polar surface area (TPSA) is 101 Å². The molecule has 174 valence electrons. The molecule has 0 aliphatic carbocycles. The van der Waals surface area contributed by atoms with Gasteiger partial charge in [-0.2, -0.15) is 0 Å². The SMILES string of the molecule is COc1ccc(-c2nnc(NC(=O)c3ccc(CN(c4ccccc4)S(C)(=O)=O)cc3)s2)cc1. The van der Waals surface area contributed by atoms with Gasteiger partial charge in [0.25, 0.3) is 5.91 Å². The molecular weight excluding hydrogens is 472 g/mol. The van der Waals surface area contributed by atoms with E-state index in [2.05, 4.69) is 15.5 Å². The van der Waals surface area contributed by atoms with Gasteiger partial charge in [-0.05, 0) is 54.1 Å².